The van der Waals surface area contributed by atoms with Gasteiger partial charge < -0.3 is 0 Å². The second kappa shape index (κ2) is 6.75. The van der Waals surface area contributed by atoms with Crippen LogP contribution in [-0.4, -0.2) is 23.7 Å². The van der Waals surface area contributed by atoms with Gasteiger partial charge >= 0.3 is 0 Å². The van der Waals surface area contributed by atoms with Crippen LogP contribution in [0.25, 0.3) is 0 Å². The van der Waals surface area contributed by atoms with Crippen LogP contribution in [-0.2, 0) is 22.0 Å². The Hall–Kier alpha value is -3.03. The minimum Gasteiger partial charge on any atom is -0.258 e. The van der Waals surface area contributed by atoms with E-state index in [4.69, 9.17) is 0 Å². The third kappa shape index (κ3) is 2.55. The summed E-state index contributed by atoms with van der Waals surface area (Å²) in [5.41, 5.74) is 2.27. The van der Waals surface area contributed by atoms with Gasteiger partial charge in [-0.15, -0.1) is 0 Å². The van der Waals surface area contributed by atoms with Crippen molar-refractivity contribution < 1.29 is 13.3 Å². The summed E-state index contributed by atoms with van der Waals surface area (Å²) < 4.78 is 29.0. The van der Waals surface area contributed by atoms with Crippen LogP contribution in [0, 0.1) is 10.1 Å². The molecule has 0 aromatic heterocycles. The lowest BCUT2D eigenvalue weighted by molar-refractivity contribution is -0.387. The van der Waals surface area contributed by atoms with Crippen molar-refractivity contribution in [1.29, 1.82) is 0 Å². The van der Waals surface area contributed by atoms with Gasteiger partial charge in [-0.05, 0) is 30.0 Å². The van der Waals surface area contributed by atoms with Crippen molar-refractivity contribution >= 4 is 15.7 Å². The SMILES string of the molecule is O=[N+]([O-])c1ccccc1S(=O)(=O)N1Cc2ccccc2C23C=CC=CC=C2CCC13. The Bertz CT molecular complexity index is 1250. The molecule has 5 rings (SSSR count). The molecule has 2 unspecified atom stereocenters. The summed E-state index contributed by atoms with van der Waals surface area (Å²) in [6.07, 6.45) is 11.5. The summed E-state index contributed by atoms with van der Waals surface area (Å²) in [4.78, 5) is 10.7. The van der Waals surface area contributed by atoms with E-state index >= 15 is 0 Å². The van der Waals surface area contributed by atoms with Crippen LogP contribution >= 0.6 is 0 Å². The number of rotatable bonds is 3. The molecule has 0 saturated heterocycles. The molecule has 0 radical (unpaired) electrons. The van der Waals surface area contributed by atoms with Crippen LogP contribution in [0.2, 0.25) is 0 Å². The highest BCUT2D eigenvalue weighted by atomic mass is 32.2. The molecule has 0 bridgehead atoms. The van der Waals surface area contributed by atoms with Crippen molar-refractivity contribution in [3.63, 3.8) is 0 Å². The molecule has 0 amide bonds. The second-order valence-electron chi connectivity index (χ2n) is 7.79. The molecule has 3 aliphatic rings. The quantitative estimate of drug-likeness (QED) is 0.549. The van der Waals surface area contributed by atoms with Gasteiger partial charge in [0.1, 0.15) is 0 Å². The number of fused-ring (bicyclic) bond motifs is 1. The summed E-state index contributed by atoms with van der Waals surface area (Å²) in [6.45, 7) is 0.200. The predicted molar refractivity (Wildman–Crippen MR) is 113 cm³/mol. The monoisotopic (exact) mass is 420 g/mol. The minimum absolute atomic E-state index is 0.200. The van der Waals surface area contributed by atoms with E-state index in [-0.39, 0.29) is 17.5 Å². The van der Waals surface area contributed by atoms with E-state index in [1.165, 1.54) is 34.1 Å². The maximum Gasteiger partial charge on any atom is 0.289 e. The first kappa shape index (κ1) is 19.0. The van der Waals surface area contributed by atoms with Gasteiger partial charge in [-0.25, -0.2) is 8.42 Å². The molecule has 1 heterocycles. The van der Waals surface area contributed by atoms with Crippen LogP contribution in [0.4, 0.5) is 5.69 Å². The molecule has 2 aromatic rings. The molecular weight excluding hydrogens is 400 g/mol. The number of nitro groups is 1. The van der Waals surface area contributed by atoms with Gasteiger partial charge in [0, 0.05) is 18.7 Å². The first-order valence-electron chi connectivity index (χ1n) is 9.85. The first-order valence-corrected chi connectivity index (χ1v) is 11.3. The van der Waals surface area contributed by atoms with Gasteiger partial charge in [-0.1, -0.05) is 72.4 Å². The molecule has 7 heteroatoms. The highest BCUT2D eigenvalue weighted by Crippen LogP contribution is 2.54. The zero-order valence-corrected chi connectivity index (χ0v) is 17.0. The number of benzene rings is 2. The number of hydrogen-bond donors (Lipinski definition) is 0. The Labute approximate surface area is 175 Å². The summed E-state index contributed by atoms with van der Waals surface area (Å²) in [7, 11) is -4.09. The second-order valence-corrected chi connectivity index (χ2v) is 9.65. The highest BCUT2D eigenvalue weighted by Gasteiger charge is 2.55. The lowest BCUT2D eigenvalue weighted by Crippen LogP contribution is -2.53. The average molecular weight is 420 g/mol. The predicted octanol–water partition coefficient (Wildman–Crippen LogP) is 4.25. The molecule has 1 spiro atoms. The molecule has 2 atom stereocenters. The number of para-hydroxylation sites is 1. The smallest absolute Gasteiger partial charge is 0.258 e. The average Bonchev–Trinajstić information content (AvgIpc) is 2.99. The van der Waals surface area contributed by atoms with E-state index < -0.39 is 26.0 Å². The fourth-order valence-electron chi connectivity index (χ4n) is 5.18. The van der Waals surface area contributed by atoms with E-state index in [1.54, 1.807) is 0 Å². The Morgan fingerprint density at radius 3 is 2.63 bits per heavy atom. The molecular formula is C23H20N2O4S. The summed E-state index contributed by atoms with van der Waals surface area (Å²) in [5.74, 6) is 0. The number of allylic oxidation sites excluding steroid dienone is 4. The standard InChI is InChI=1S/C23H20N2O4S/c26-25(27)20-11-5-6-12-21(20)30(28,29)24-16-17-8-3-4-10-19(17)23-15-7-1-2-9-18(23)13-14-22(23)24/h1-12,15,22H,13-14,16H2. The Morgan fingerprint density at radius 1 is 1.03 bits per heavy atom. The van der Waals surface area contributed by atoms with Crippen LogP contribution in [0.3, 0.4) is 0 Å². The van der Waals surface area contributed by atoms with E-state index in [1.807, 2.05) is 36.4 Å². The van der Waals surface area contributed by atoms with E-state index in [0.29, 0.717) is 6.42 Å². The van der Waals surface area contributed by atoms with Crippen molar-refractivity contribution in [2.24, 2.45) is 0 Å². The number of sulfonamides is 1. The fraction of sp³-hybridized carbons (Fsp3) is 0.217. The summed E-state index contributed by atoms with van der Waals surface area (Å²) in [6, 6.07) is 13.2. The maximum absolute atomic E-state index is 13.8. The number of hydrogen-bond acceptors (Lipinski definition) is 4. The summed E-state index contributed by atoms with van der Waals surface area (Å²) >= 11 is 0. The lowest BCUT2D eigenvalue weighted by Gasteiger charge is -2.45. The van der Waals surface area contributed by atoms with Crippen LogP contribution in [0.15, 0.2) is 89.4 Å². The third-order valence-electron chi connectivity index (χ3n) is 6.41. The maximum atomic E-state index is 13.8. The first-order chi connectivity index (χ1) is 14.5. The third-order valence-corrected chi connectivity index (χ3v) is 8.31. The van der Waals surface area contributed by atoms with Crippen LogP contribution in [0.1, 0.15) is 24.0 Å². The van der Waals surface area contributed by atoms with Crippen molar-refractivity contribution in [2.75, 3.05) is 0 Å². The summed E-state index contributed by atoms with van der Waals surface area (Å²) in [5, 5.41) is 11.5. The van der Waals surface area contributed by atoms with Gasteiger partial charge in [0.05, 0.1) is 10.3 Å². The Morgan fingerprint density at radius 2 is 1.80 bits per heavy atom. The van der Waals surface area contributed by atoms with Crippen molar-refractivity contribution in [2.45, 2.75) is 35.7 Å². The molecule has 1 fully saturated rings. The zero-order valence-electron chi connectivity index (χ0n) is 16.1. The molecule has 1 aliphatic heterocycles. The molecule has 152 valence electrons. The topological polar surface area (TPSA) is 80.5 Å². The minimum atomic E-state index is -4.09. The molecule has 30 heavy (non-hydrogen) atoms. The van der Waals surface area contributed by atoms with Gasteiger partial charge in [-0.3, -0.25) is 10.1 Å². The van der Waals surface area contributed by atoms with Crippen molar-refractivity contribution in [3.8, 4) is 0 Å². The van der Waals surface area contributed by atoms with Crippen LogP contribution in [0.5, 0.6) is 0 Å². The molecule has 0 N–H and O–H groups in total. The van der Waals surface area contributed by atoms with E-state index in [0.717, 1.165) is 17.5 Å². The van der Waals surface area contributed by atoms with Crippen molar-refractivity contribution in [3.05, 3.63) is 106 Å². The van der Waals surface area contributed by atoms with Gasteiger partial charge in [-0.2, -0.15) is 4.31 Å². The molecule has 2 aromatic carbocycles. The molecule has 6 nitrogen and oxygen atoms in total. The zero-order chi connectivity index (χ0) is 20.9. The van der Waals surface area contributed by atoms with Gasteiger partial charge in [0.15, 0.2) is 4.90 Å². The van der Waals surface area contributed by atoms with E-state index in [2.05, 4.69) is 18.2 Å². The van der Waals surface area contributed by atoms with Gasteiger partial charge in [0.25, 0.3) is 15.7 Å². The lowest BCUT2D eigenvalue weighted by atomic mass is 9.69. The Balaban J connectivity index is 1.74. The number of nitro benzene ring substituents is 1. The Kier molecular flexibility index (Phi) is 4.27. The van der Waals surface area contributed by atoms with Crippen LogP contribution < -0.4 is 0 Å². The molecule has 1 saturated carbocycles. The fourth-order valence-corrected chi connectivity index (χ4v) is 7.01. The molecule has 2 aliphatic carbocycles. The number of nitrogens with zero attached hydrogens (tertiary/aromatic N) is 2. The van der Waals surface area contributed by atoms with Crippen molar-refractivity contribution in [1.82, 2.24) is 4.31 Å². The normalized spacial score (nSPS) is 25.1. The van der Waals surface area contributed by atoms with Gasteiger partial charge in [0.2, 0.25) is 0 Å². The highest BCUT2D eigenvalue weighted by molar-refractivity contribution is 7.89. The van der Waals surface area contributed by atoms with E-state index in [9.17, 15) is 18.5 Å². The largest absolute Gasteiger partial charge is 0.289 e.